The number of hydrogen-bond acceptors (Lipinski definition) is 2. The van der Waals surface area contributed by atoms with E-state index < -0.39 is 0 Å². The third-order valence-electron chi connectivity index (χ3n) is 15.5. The van der Waals surface area contributed by atoms with E-state index in [0.29, 0.717) is 6.04 Å². The fourth-order valence-corrected chi connectivity index (χ4v) is 12.4. The molecule has 8 aliphatic rings. The van der Waals surface area contributed by atoms with Crippen LogP contribution in [0.2, 0.25) is 0 Å². The number of aryl methyl sites for hydroxylation is 4. The normalized spacial score (nSPS) is 21.7. The summed E-state index contributed by atoms with van der Waals surface area (Å²) in [6.07, 6.45) is 17.6. The molecule has 3 fully saturated rings. The van der Waals surface area contributed by atoms with Gasteiger partial charge in [0.1, 0.15) is 0 Å². The summed E-state index contributed by atoms with van der Waals surface area (Å²) in [7, 11) is 0. The average molecular weight is 773 g/mol. The van der Waals surface area contributed by atoms with Crippen LogP contribution in [-0.4, -0.2) is 6.04 Å². The summed E-state index contributed by atoms with van der Waals surface area (Å²) in [5.74, 6) is 2.60. The monoisotopic (exact) mass is 772 g/mol. The molecule has 2 nitrogen and oxygen atoms in total. The highest BCUT2D eigenvalue weighted by atomic mass is 15.2. The van der Waals surface area contributed by atoms with Crippen LogP contribution in [0.4, 0.5) is 28.4 Å². The lowest BCUT2D eigenvalue weighted by molar-refractivity contribution is 0.420. The summed E-state index contributed by atoms with van der Waals surface area (Å²) in [5, 5.41) is 0. The average Bonchev–Trinajstić information content (AvgIpc) is 3.89. The van der Waals surface area contributed by atoms with Crippen molar-refractivity contribution in [3.63, 3.8) is 0 Å². The molecule has 59 heavy (non-hydrogen) atoms. The van der Waals surface area contributed by atoms with Gasteiger partial charge < -0.3 is 9.80 Å². The van der Waals surface area contributed by atoms with Crippen LogP contribution in [0.5, 0.6) is 0 Å². The molecule has 298 valence electrons. The van der Waals surface area contributed by atoms with Crippen molar-refractivity contribution in [1.82, 2.24) is 0 Å². The Bertz CT molecular complexity index is 2470. The lowest BCUT2D eigenvalue weighted by atomic mass is 9.82. The molecule has 0 radical (unpaired) electrons. The molecule has 0 aliphatic heterocycles. The van der Waals surface area contributed by atoms with Crippen LogP contribution < -0.4 is 9.80 Å². The number of fused-ring (bicyclic) bond motifs is 5. The predicted octanol–water partition coefficient (Wildman–Crippen LogP) is 15.1. The second-order valence-electron chi connectivity index (χ2n) is 19.4. The van der Waals surface area contributed by atoms with Crippen LogP contribution in [0.3, 0.4) is 0 Å². The molecule has 6 aromatic carbocycles. The number of anilines is 5. The van der Waals surface area contributed by atoms with E-state index in [2.05, 4.69) is 157 Å². The van der Waals surface area contributed by atoms with Crippen LogP contribution in [0.25, 0.3) is 11.1 Å². The Labute approximate surface area is 353 Å². The Balaban J connectivity index is 0.958. The third-order valence-corrected chi connectivity index (χ3v) is 15.5. The van der Waals surface area contributed by atoms with Gasteiger partial charge in [0.15, 0.2) is 0 Å². The van der Waals surface area contributed by atoms with E-state index >= 15 is 0 Å². The topological polar surface area (TPSA) is 6.48 Å². The van der Waals surface area contributed by atoms with Gasteiger partial charge in [-0.05, 0) is 174 Å². The van der Waals surface area contributed by atoms with Crippen molar-refractivity contribution in [2.75, 3.05) is 9.80 Å². The highest BCUT2D eigenvalue weighted by molar-refractivity contribution is 5.84. The van der Waals surface area contributed by atoms with Crippen molar-refractivity contribution in [3.8, 4) is 11.1 Å². The maximum absolute atomic E-state index is 2.82. The van der Waals surface area contributed by atoms with E-state index in [4.69, 9.17) is 0 Å². The van der Waals surface area contributed by atoms with Gasteiger partial charge in [-0.1, -0.05) is 131 Å². The summed E-state index contributed by atoms with van der Waals surface area (Å²) in [4.78, 5) is 5.36. The van der Waals surface area contributed by atoms with Gasteiger partial charge in [-0.25, -0.2) is 0 Å². The quantitative estimate of drug-likeness (QED) is 0.149. The third kappa shape index (κ3) is 6.72. The molecule has 6 bridgehead atoms. The summed E-state index contributed by atoms with van der Waals surface area (Å²) in [5.41, 5.74) is 19.7. The molecule has 14 rings (SSSR count). The van der Waals surface area contributed by atoms with E-state index in [1.807, 2.05) is 0 Å². The molecule has 3 unspecified atom stereocenters. The van der Waals surface area contributed by atoms with E-state index in [0.717, 1.165) is 43.4 Å². The fourth-order valence-electron chi connectivity index (χ4n) is 12.4. The standard InChI is InChI=1S/C57H60N2/c1-57(2)53-17-11-10-16-50(53)51-33-32-49(38-54(51)57)59(47-12-6-3-4-7-13-47)56-37-40-19-24-43-23-18-39(20-25-44(56)26-21-40)36-55(43)58(46-14-8-5-9-15-46)48-30-28-42(29-31-48)52-35-41-22-27-45(52)34-41/h5,8-11,14-18,21,23,26,28-33,36-38,41,45,47,52H,3-4,6-7,12-13,19-20,22,24-25,27,34-35H2,1-2H3. The van der Waals surface area contributed by atoms with Crippen molar-refractivity contribution in [1.29, 1.82) is 0 Å². The first-order valence-corrected chi connectivity index (χ1v) is 23.2. The summed E-state index contributed by atoms with van der Waals surface area (Å²) >= 11 is 0. The van der Waals surface area contributed by atoms with Crippen molar-refractivity contribution in [3.05, 3.63) is 172 Å². The van der Waals surface area contributed by atoms with E-state index in [-0.39, 0.29) is 5.41 Å². The maximum Gasteiger partial charge on any atom is 0.0496 e. The highest BCUT2D eigenvalue weighted by Crippen LogP contribution is 2.54. The smallest absolute Gasteiger partial charge is 0.0496 e. The molecule has 0 saturated heterocycles. The van der Waals surface area contributed by atoms with Gasteiger partial charge in [-0.15, -0.1) is 0 Å². The zero-order chi connectivity index (χ0) is 39.5. The zero-order valence-corrected chi connectivity index (χ0v) is 35.3. The Morgan fingerprint density at radius 3 is 1.85 bits per heavy atom. The molecule has 2 heteroatoms. The number of benzene rings is 6. The van der Waals surface area contributed by atoms with Gasteiger partial charge in [-0.3, -0.25) is 0 Å². The Hall–Kier alpha value is -5.08. The minimum atomic E-state index is -0.0203. The second-order valence-corrected chi connectivity index (χ2v) is 19.4. The minimum absolute atomic E-state index is 0.0203. The van der Waals surface area contributed by atoms with Gasteiger partial charge in [0.05, 0.1) is 0 Å². The van der Waals surface area contributed by atoms with Crippen molar-refractivity contribution in [2.24, 2.45) is 11.8 Å². The highest BCUT2D eigenvalue weighted by Gasteiger charge is 2.40. The molecule has 0 N–H and O–H groups in total. The first-order chi connectivity index (χ1) is 29.0. The summed E-state index contributed by atoms with van der Waals surface area (Å²) in [6.45, 7) is 4.85. The lowest BCUT2D eigenvalue weighted by Crippen LogP contribution is -2.32. The van der Waals surface area contributed by atoms with Gasteiger partial charge in [0, 0.05) is 39.9 Å². The molecular formula is C57H60N2. The van der Waals surface area contributed by atoms with Crippen LogP contribution in [0, 0.1) is 11.8 Å². The molecule has 8 aliphatic carbocycles. The Morgan fingerprint density at radius 2 is 1.14 bits per heavy atom. The fraction of sp³-hybridized carbons (Fsp3) is 0.368. The number of rotatable bonds is 7. The lowest BCUT2D eigenvalue weighted by Gasteiger charge is -2.36. The molecule has 0 spiro atoms. The maximum atomic E-state index is 2.82. The number of nitrogens with zero attached hydrogens (tertiary/aromatic N) is 2. The van der Waals surface area contributed by atoms with Gasteiger partial charge >= 0.3 is 0 Å². The van der Waals surface area contributed by atoms with Crippen molar-refractivity contribution < 1.29 is 0 Å². The molecule has 0 amide bonds. The number of para-hydroxylation sites is 1. The SMILES string of the molecule is CC1(C)c2ccccc2-c2ccc(N(c3cc4ccc3CCc3ccc(c(N(c5ccccc5)c5ccc(C6CC7CCC6C7)cc5)c3)CC4)C3CCCCCC3)cc21. The van der Waals surface area contributed by atoms with Crippen molar-refractivity contribution >= 4 is 28.4 Å². The largest absolute Gasteiger partial charge is 0.338 e. The molecule has 3 atom stereocenters. The van der Waals surface area contributed by atoms with Crippen LogP contribution in [0.15, 0.2) is 133 Å². The van der Waals surface area contributed by atoms with Crippen LogP contribution in [0.1, 0.15) is 123 Å². The first-order valence-electron chi connectivity index (χ1n) is 23.2. The second kappa shape index (κ2) is 15.2. The summed E-state index contributed by atoms with van der Waals surface area (Å²) in [6, 6.07) is 52.9. The molecule has 0 heterocycles. The van der Waals surface area contributed by atoms with Crippen LogP contribution >= 0.6 is 0 Å². The number of hydrogen-bond donors (Lipinski definition) is 0. The minimum Gasteiger partial charge on any atom is -0.338 e. The zero-order valence-electron chi connectivity index (χ0n) is 35.3. The molecule has 3 saturated carbocycles. The molecule has 0 aromatic heterocycles. The predicted molar refractivity (Wildman–Crippen MR) is 248 cm³/mol. The molecular weight excluding hydrogens is 713 g/mol. The van der Waals surface area contributed by atoms with E-state index in [1.54, 1.807) is 5.56 Å². The molecule has 6 aromatic rings. The van der Waals surface area contributed by atoms with Gasteiger partial charge in [0.2, 0.25) is 0 Å². The Morgan fingerprint density at radius 1 is 0.492 bits per heavy atom. The van der Waals surface area contributed by atoms with Crippen LogP contribution in [-0.2, 0) is 31.1 Å². The first kappa shape index (κ1) is 37.0. The van der Waals surface area contributed by atoms with E-state index in [9.17, 15) is 0 Å². The summed E-state index contributed by atoms with van der Waals surface area (Å²) < 4.78 is 0. The van der Waals surface area contributed by atoms with E-state index in [1.165, 1.54) is 137 Å². The van der Waals surface area contributed by atoms with Crippen molar-refractivity contribution in [2.45, 2.75) is 121 Å². The Kier molecular flexibility index (Phi) is 9.51. The van der Waals surface area contributed by atoms with Gasteiger partial charge in [-0.2, -0.15) is 0 Å². The van der Waals surface area contributed by atoms with Gasteiger partial charge in [0.25, 0.3) is 0 Å².